The molecule has 2 aromatic rings. The van der Waals surface area contributed by atoms with Gasteiger partial charge in [-0.2, -0.15) is 0 Å². The zero-order valence-corrected chi connectivity index (χ0v) is 10.9. The van der Waals surface area contributed by atoms with E-state index in [1.54, 1.807) is 10.6 Å². The number of carbonyl (C=O) groups is 1. The van der Waals surface area contributed by atoms with Crippen LogP contribution < -0.4 is 5.56 Å². The SMILES string of the molecule is Cc1ccc2c(c1)cc(C=O)c(=O)n2CC(C)C. The summed E-state index contributed by atoms with van der Waals surface area (Å²) >= 11 is 0. The van der Waals surface area contributed by atoms with E-state index in [1.165, 1.54) is 0 Å². The Morgan fingerprint density at radius 1 is 1.28 bits per heavy atom. The third-order valence-electron chi connectivity index (χ3n) is 2.95. The van der Waals surface area contributed by atoms with Gasteiger partial charge in [0, 0.05) is 6.54 Å². The highest BCUT2D eigenvalue weighted by atomic mass is 16.1. The van der Waals surface area contributed by atoms with Gasteiger partial charge >= 0.3 is 0 Å². The number of aromatic nitrogens is 1. The number of hydrogen-bond acceptors (Lipinski definition) is 2. The summed E-state index contributed by atoms with van der Waals surface area (Å²) in [6.45, 7) is 6.73. The lowest BCUT2D eigenvalue weighted by molar-refractivity contribution is 0.112. The van der Waals surface area contributed by atoms with Crippen molar-refractivity contribution in [1.82, 2.24) is 4.57 Å². The fraction of sp³-hybridized carbons (Fsp3) is 0.333. The average Bonchev–Trinajstić information content (AvgIpc) is 2.31. The molecule has 0 aliphatic heterocycles. The van der Waals surface area contributed by atoms with Gasteiger partial charge in [0.05, 0.1) is 11.1 Å². The molecule has 0 amide bonds. The normalized spacial score (nSPS) is 11.1. The minimum Gasteiger partial charge on any atom is -0.307 e. The first kappa shape index (κ1) is 12.6. The van der Waals surface area contributed by atoms with Crippen molar-refractivity contribution in [3.8, 4) is 0 Å². The third-order valence-corrected chi connectivity index (χ3v) is 2.95. The van der Waals surface area contributed by atoms with E-state index in [0.29, 0.717) is 18.7 Å². The standard InChI is InChI=1S/C15H17NO2/c1-10(2)8-16-14-5-4-11(3)6-12(14)7-13(9-17)15(16)18/h4-7,9-10H,8H2,1-3H3. The quantitative estimate of drug-likeness (QED) is 0.777. The van der Waals surface area contributed by atoms with Crippen LogP contribution in [0.1, 0.15) is 29.8 Å². The Kier molecular flexibility index (Phi) is 3.32. The molecule has 0 fully saturated rings. The molecule has 0 saturated heterocycles. The number of nitrogens with zero attached hydrogens (tertiary/aromatic N) is 1. The van der Waals surface area contributed by atoms with Gasteiger partial charge in [-0.15, -0.1) is 0 Å². The minimum absolute atomic E-state index is 0.199. The second-order valence-corrected chi connectivity index (χ2v) is 5.09. The number of hydrogen-bond donors (Lipinski definition) is 0. The molecule has 0 aliphatic rings. The van der Waals surface area contributed by atoms with E-state index in [9.17, 15) is 9.59 Å². The van der Waals surface area contributed by atoms with Crippen molar-refractivity contribution in [1.29, 1.82) is 0 Å². The summed E-state index contributed by atoms with van der Waals surface area (Å²) in [5.41, 5.74) is 2.04. The summed E-state index contributed by atoms with van der Waals surface area (Å²) in [4.78, 5) is 23.1. The van der Waals surface area contributed by atoms with E-state index < -0.39 is 0 Å². The maximum atomic E-state index is 12.2. The van der Waals surface area contributed by atoms with Gasteiger partial charge in [0.15, 0.2) is 6.29 Å². The summed E-state index contributed by atoms with van der Waals surface area (Å²) < 4.78 is 1.70. The lowest BCUT2D eigenvalue weighted by Gasteiger charge is -2.13. The monoisotopic (exact) mass is 243 g/mol. The first-order chi connectivity index (χ1) is 8.52. The number of benzene rings is 1. The van der Waals surface area contributed by atoms with Crippen molar-refractivity contribution in [2.45, 2.75) is 27.3 Å². The summed E-state index contributed by atoms with van der Waals surface area (Å²) in [6, 6.07) is 7.61. The van der Waals surface area contributed by atoms with Crippen LogP contribution in [-0.2, 0) is 6.54 Å². The molecule has 1 heterocycles. The zero-order chi connectivity index (χ0) is 13.3. The maximum absolute atomic E-state index is 12.2. The first-order valence-corrected chi connectivity index (χ1v) is 6.12. The number of aldehydes is 1. The van der Waals surface area contributed by atoms with Crippen LogP contribution in [0.2, 0.25) is 0 Å². The molecule has 0 atom stereocenters. The van der Waals surface area contributed by atoms with E-state index in [0.717, 1.165) is 16.5 Å². The van der Waals surface area contributed by atoms with Crippen molar-refractivity contribution in [3.05, 3.63) is 45.7 Å². The van der Waals surface area contributed by atoms with E-state index >= 15 is 0 Å². The predicted octanol–water partition coefficient (Wildman–Crippen LogP) is 2.78. The van der Waals surface area contributed by atoms with Gasteiger partial charge in [-0.3, -0.25) is 9.59 Å². The first-order valence-electron chi connectivity index (χ1n) is 6.12. The molecular weight excluding hydrogens is 226 g/mol. The average molecular weight is 243 g/mol. The molecule has 94 valence electrons. The minimum atomic E-state index is -0.199. The van der Waals surface area contributed by atoms with Gasteiger partial charge in [0.2, 0.25) is 0 Å². The maximum Gasteiger partial charge on any atom is 0.261 e. The van der Waals surface area contributed by atoms with Crippen LogP contribution >= 0.6 is 0 Å². The largest absolute Gasteiger partial charge is 0.307 e. The second kappa shape index (κ2) is 4.77. The van der Waals surface area contributed by atoms with Crippen molar-refractivity contribution < 1.29 is 4.79 Å². The molecule has 3 heteroatoms. The molecule has 1 aromatic carbocycles. The summed E-state index contributed by atoms with van der Waals surface area (Å²) in [6.07, 6.45) is 0.640. The topological polar surface area (TPSA) is 39.1 Å². The van der Waals surface area contributed by atoms with Gasteiger partial charge in [0.25, 0.3) is 5.56 Å². The Balaban J connectivity index is 2.82. The molecule has 0 spiro atoms. The van der Waals surface area contributed by atoms with Crippen LogP contribution in [-0.4, -0.2) is 10.9 Å². The molecule has 0 N–H and O–H groups in total. The Bertz CT molecular complexity index is 653. The summed E-state index contributed by atoms with van der Waals surface area (Å²) in [5, 5.41) is 0.942. The highest BCUT2D eigenvalue weighted by Crippen LogP contribution is 2.16. The molecule has 0 radical (unpaired) electrons. The van der Waals surface area contributed by atoms with E-state index in [1.807, 2.05) is 25.1 Å². The van der Waals surface area contributed by atoms with Gasteiger partial charge in [-0.1, -0.05) is 25.5 Å². The van der Waals surface area contributed by atoms with Gasteiger partial charge in [-0.25, -0.2) is 0 Å². The second-order valence-electron chi connectivity index (χ2n) is 5.09. The number of rotatable bonds is 3. The van der Waals surface area contributed by atoms with Gasteiger partial charge < -0.3 is 4.57 Å². The van der Waals surface area contributed by atoms with E-state index in [4.69, 9.17) is 0 Å². The van der Waals surface area contributed by atoms with Crippen LogP contribution in [0.25, 0.3) is 10.9 Å². The Labute approximate surface area is 106 Å². The number of aryl methyl sites for hydroxylation is 1. The van der Waals surface area contributed by atoms with Crippen molar-refractivity contribution in [3.63, 3.8) is 0 Å². The van der Waals surface area contributed by atoms with Crippen LogP contribution in [0.4, 0.5) is 0 Å². The molecule has 1 aromatic heterocycles. The van der Waals surface area contributed by atoms with Crippen LogP contribution in [0.3, 0.4) is 0 Å². The number of fused-ring (bicyclic) bond motifs is 1. The molecule has 0 aliphatic carbocycles. The van der Waals surface area contributed by atoms with Gasteiger partial charge in [0.1, 0.15) is 0 Å². The van der Waals surface area contributed by atoms with E-state index in [-0.39, 0.29) is 11.1 Å². The Morgan fingerprint density at radius 2 is 2.00 bits per heavy atom. The van der Waals surface area contributed by atoms with Crippen molar-refractivity contribution in [2.75, 3.05) is 0 Å². The van der Waals surface area contributed by atoms with Gasteiger partial charge in [-0.05, 0) is 36.4 Å². The highest BCUT2D eigenvalue weighted by molar-refractivity contribution is 5.86. The molecule has 18 heavy (non-hydrogen) atoms. The van der Waals surface area contributed by atoms with E-state index in [2.05, 4.69) is 13.8 Å². The molecule has 2 rings (SSSR count). The number of carbonyl (C=O) groups excluding carboxylic acids is 1. The molecular formula is C15H17NO2. The lowest BCUT2D eigenvalue weighted by atomic mass is 10.1. The fourth-order valence-corrected chi connectivity index (χ4v) is 2.16. The Morgan fingerprint density at radius 3 is 2.61 bits per heavy atom. The Hall–Kier alpha value is -1.90. The van der Waals surface area contributed by atoms with Crippen LogP contribution in [0, 0.1) is 12.8 Å². The highest BCUT2D eigenvalue weighted by Gasteiger charge is 2.09. The fourth-order valence-electron chi connectivity index (χ4n) is 2.16. The van der Waals surface area contributed by atoms with Crippen molar-refractivity contribution >= 4 is 17.2 Å². The predicted molar refractivity (Wildman–Crippen MR) is 73.2 cm³/mol. The molecule has 0 saturated carbocycles. The number of pyridine rings is 1. The summed E-state index contributed by atoms with van der Waals surface area (Å²) in [5.74, 6) is 0.356. The van der Waals surface area contributed by atoms with Crippen molar-refractivity contribution in [2.24, 2.45) is 5.92 Å². The lowest BCUT2D eigenvalue weighted by Crippen LogP contribution is -2.25. The smallest absolute Gasteiger partial charge is 0.261 e. The molecule has 0 unspecified atom stereocenters. The van der Waals surface area contributed by atoms with Crippen LogP contribution in [0.5, 0.6) is 0 Å². The molecule has 0 bridgehead atoms. The summed E-state index contributed by atoms with van der Waals surface area (Å²) in [7, 11) is 0. The van der Waals surface area contributed by atoms with Crippen LogP contribution in [0.15, 0.2) is 29.1 Å². The zero-order valence-electron chi connectivity index (χ0n) is 10.9. The third kappa shape index (κ3) is 2.21. The molecule has 3 nitrogen and oxygen atoms in total.